The molecule has 1 spiro atoms. The number of thiazole rings is 1. The number of aryl methyl sites for hydroxylation is 1. The Kier molecular flexibility index (Phi) is 4.93. The van der Waals surface area contributed by atoms with Crippen LogP contribution in [0.2, 0.25) is 0 Å². The fourth-order valence-corrected chi connectivity index (χ4v) is 5.40. The van der Waals surface area contributed by atoms with E-state index < -0.39 is 11.1 Å². The van der Waals surface area contributed by atoms with Crippen molar-refractivity contribution in [1.29, 1.82) is 0 Å². The SMILES string of the molecule is Cc1nc(Cn2nc3n(c(=O)c2=O)CC[C@]32CCN(Cc3cnn(C(C)C)c3)C2)cs1. The number of fused-ring (bicyclic) bond motifs is 2. The molecule has 2 aliphatic heterocycles. The summed E-state index contributed by atoms with van der Waals surface area (Å²) in [7, 11) is 0. The lowest BCUT2D eigenvalue weighted by molar-refractivity contribution is 0.297. The number of aromatic nitrogens is 6. The van der Waals surface area contributed by atoms with Crippen molar-refractivity contribution in [2.45, 2.75) is 64.7 Å². The van der Waals surface area contributed by atoms with Gasteiger partial charge in [0.15, 0.2) is 0 Å². The fourth-order valence-electron chi connectivity index (χ4n) is 4.79. The van der Waals surface area contributed by atoms with Crippen molar-refractivity contribution in [2.75, 3.05) is 13.1 Å². The summed E-state index contributed by atoms with van der Waals surface area (Å²) in [4.78, 5) is 32.3. The molecule has 1 saturated heterocycles. The molecule has 0 aliphatic carbocycles. The van der Waals surface area contributed by atoms with Crippen molar-refractivity contribution in [1.82, 2.24) is 34.0 Å². The second-order valence-corrected chi connectivity index (χ2v) is 10.1. The summed E-state index contributed by atoms with van der Waals surface area (Å²) < 4.78 is 4.89. The number of hydrogen-bond donors (Lipinski definition) is 0. The van der Waals surface area contributed by atoms with Gasteiger partial charge in [-0.2, -0.15) is 10.2 Å². The molecule has 9 nitrogen and oxygen atoms in total. The van der Waals surface area contributed by atoms with Gasteiger partial charge in [0.1, 0.15) is 5.82 Å². The molecule has 0 amide bonds. The highest BCUT2D eigenvalue weighted by Crippen LogP contribution is 2.40. The molecule has 0 aromatic carbocycles. The topological polar surface area (TPSA) is 90.8 Å². The lowest BCUT2D eigenvalue weighted by Crippen LogP contribution is -2.45. The molecule has 0 saturated carbocycles. The summed E-state index contributed by atoms with van der Waals surface area (Å²) in [6.07, 6.45) is 5.82. The lowest BCUT2D eigenvalue weighted by atomic mass is 9.85. The Labute approximate surface area is 184 Å². The van der Waals surface area contributed by atoms with E-state index in [1.54, 1.807) is 4.57 Å². The van der Waals surface area contributed by atoms with Crippen LogP contribution in [0.1, 0.15) is 54.8 Å². The monoisotopic (exact) mass is 441 g/mol. The highest BCUT2D eigenvalue weighted by atomic mass is 32.1. The number of rotatable bonds is 5. The van der Waals surface area contributed by atoms with Crippen LogP contribution in [-0.2, 0) is 25.0 Å². The minimum Gasteiger partial charge on any atom is -0.298 e. The molecule has 3 aromatic rings. The molecule has 0 N–H and O–H groups in total. The van der Waals surface area contributed by atoms with E-state index in [-0.39, 0.29) is 12.0 Å². The molecule has 5 heterocycles. The maximum Gasteiger partial charge on any atom is 0.332 e. The van der Waals surface area contributed by atoms with Crippen LogP contribution in [0.4, 0.5) is 0 Å². The van der Waals surface area contributed by atoms with Crippen molar-refractivity contribution >= 4 is 11.3 Å². The third kappa shape index (κ3) is 3.57. The molecular formula is C21H27N7O2S. The van der Waals surface area contributed by atoms with Gasteiger partial charge in [0.25, 0.3) is 0 Å². The van der Waals surface area contributed by atoms with Gasteiger partial charge in [-0.25, -0.2) is 9.67 Å². The van der Waals surface area contributed by atoms with Crippen molar-refractivity contribution < 1.29 is 0 Å². The number of likely N-dealkylation sites (tertiary alicyclic amines) is 1. The van der Waals surface area contributed by atoms with Crippen LogP contribution in [0.3, 0.4) is 0 Å². The molecule has 31 heavy (non-hydrogen) atoms. The Morgan fingerprint density at radius 2 is 1.97 bits per heavy atom. The Bertz CT molecular complexity index is 1240. The molecule has 0 radical (unpaired) electrons. The predicted molar refractivity (Wildman–Crippen MR) is 118 cm³/mol. The van der Waals surface area contributed by atoms with Gasteiger partial charge in [-0.3, -0.25) is 23.7 Å². The Morgan fingerprint density at radius 1 is 1.16 bits per heavy atom. The Morgan fingerprint density at radius 3 is 2.68 bits per heavy atom. The van der Waals surface area contributed by atoms with Gasteiger partial charge < -0.3 is 0 Å². The minimum absolute atomic E-state index is 0.180. The van der Waals surface area contributed by atoms with Crippen LogP contribution in [0.25, 0.3) is 0 Å². The van der Waals surface area contributed by atoms with Crippen molar-refractivity contribution in [3.05, 3.63) is 60.6 Å². The average Bonchev–Trinajstić information content (AvgIpc) is 3.50. The summed E-state index contributed by atoms with van der Waals surface area (Å²) in [5.41, 5.74) is 0.746. The Balaban J connectivity index is 1.41. The molecule has 3 aromatic heterocycles. The zero-order valence-corrected chi connectivity index (χ0v) is 18.9. The molecule has 0 unspecified atom stereocenters. The van der Waals surface area contributed by atoms with Crippen LogP contribution < -0.4 is 11.1 Å². The molecule has 164 valence electrons. The summed E-state index contributed by atoms with van der Waals surface area (Å²) >= 11 is 1.53. The van der Waals surface area contributed by atoms with Crippen LogP contribution in [0.15, 0.2) is 27.4 Å². The quantitative estimate of drug-likeness (QED) is 0.558. The van der Waals surface area contributed by atoms with Crippen LogP contribution in [0.5, 0.6) is 0 Å². The molecule has 10 heteroatoms. The first-order valence-corrected chi connectivity index (χ1v) is 11.6. The Hall–Kier alpha value is -2.59. The van der Waals surface area contributed by atoms with Gasteiger partial charge in [-0.1, -0.05) is 0 Å². The molecule has 1 fully saturated rings. The van der Waals surface area contributed by atoms with E-state index in [1.165, 1.54) is 21.6 Å². The van der Waals surface area contributed by atoms with E-state index in [0.717, 1.165) is 49.0 Å². The summed E-state index contributed by atoms with van der Waals surface area (Å²) in [5.74, 6) is 0.754. The predicted octanol–water partition coefficient (Wildman–Crippen LogP) is 1.54. The highest BCUT2D eigenvalue weighted by Gasteiger charge is 2.47. The second-order valence-electron chi connectivity index (χ2n) is 9.01. The van der Waals surface area contributed by atoms with E-state index in [4.69, 9.17) is 5.10 Å². The van der Waals surface area contributed by atoms with Crippen molar-refractivity contribution in [2.24, 2.45) is 0 Å². The van der Waals surface area contributed by atoms with Crippen molar-refractivity contribution in [3.63, 3.8) is 0 Å². The van der Waals surface area contributed by atoms with Gasteiger partial charge in [0.05, 0.1) is 23.4 Å². The first-order valence-electron chi connectivity index (χ1n) is 10.7. The van der Waals surface area contributed by atoms with Crippen LogP contribution in [0, 0.1) is 6.92 Å². The van der Waals surface area contributed by atoms with E-state index >= 15 is 0 Å². The fraction of sp³-hybridized carbons (Fsp3) is 0.571. The van der Waals surface area contributed by atoms with E-state index in [9.17, 15) is 9.59 Å². The van der Waals surface area contributed by atoms with Gasteiger partial charge >= 0.3 is 11.1 Å². The second kappa shape index (κ2) is 7.52. The summed E-state index contributed by atoms with van der Waals surface area (Å²) in [5, 5.41) is 12.0. The molecule has 2 aliphatic rings. The maximum atomic E-state index is 12.8. The van der Waals surface area contributed by atoms with E-state index in [2.05, 4.69) is 35.0 Å². The summed E-state index contributed by atoms with van der Waals surface area (Å²) in [6, 6.07) is 0.342. The van der Waals surface area contributed by atoms with Gasteiger partial charge in [0.2, 0.25) is 0 Å². The zero-order chi connectivity index (χ0) is 21.8. The minimum atomic E-state index is -0.567. The number of hydrogen-bond acceptors (Lipinski definition) is 7. The lowest BCUT2D eigenvalue weighted by Gasteiger charge is -2.23. The zero-order valence-electron chi connectivity index (χ0n) is 18.1. The summed E-state index contributed by atoms with van der Waals surface area (Å²) in [6.45, 7) is 9.56. The normalized spacial score (nSPS) is 20.9. The molecule has 0 bridgehead atoms. The van der Waals surface area contributed by atoms with E-state index in [0.29, 0.717) is 12.6 Å². The van der Waals surface area contributed by atoms with Gasteiger partial charge in [-0.05, 0) is 40.2 Å². The standard InChI is InChI=1S/C21H27N7O2S/c1-14(2)27-10-16(8-22-27)9-25-6-4-21(13-25)5-7-26-18(29)19(30)28(24-20(21)26)11-17-12-31-15(3)23-17/h8,10,12,14H,4-7,9,11,13H2,1-3H3/t21-/m0/s1. The van der Waals surface area contributed by atoms with Crippen LogP contribution in [-0.4, -0.2) is 47.1 Å². The smallest absolute Gasteiger partial charge is 0.298 e. The first-order chi connectivity index (χ1) is 14.8. The average molecular weight is 442 g/mol. The maximum absolute atomic E-state index is 12.8. The highest BCUT2D eigenvalue weighted by molar-refractivity contribution is 7.09. The first kappa shape index (κ1) is 20.3. The number of nitrogens with zero attached hydrogens (tertiary/aromatic N) is 7. The van der Waals surface area contributed by atoms with E-state index in [1.807, 2.05) is 23.2 Å². The van der Waals surface area contributed by atoms with Crippen LogP contribution >= 0.6 is 11.3 Å². The van der Waals surface area contributed by atoms with Gasteiger partial charge in [-0.15, -0.1) is 11.3 Å². The van der Waals surface area contributed by atoms with Crippen molar-refractivity contribution in [3.8, 4) is 0 Å². The molecular weight excluding hydrogens is 414 g/mol. The molecule has 1 atom stereocenters. The molecule has 5 rings (SSSR count). The largest absolute Gasteiger partial charge is 0.332 e. The van der Waals surface area contributed by atoms with Gasteiger partial charge in [0, 0.05) is 48.2 Å². The third-order valence-corrected chi connectivity index (χ3v) is 7.25. The third-order valence-electron chi connectivity index (χ3n) is 6.42.